The van der Waals surface area contributed by atoms with Crippen molar-refractivity contribution in [3.63, 3.8) is 0 Å². The van der Waals surface area contributed by atoms with Gasteiger partial charge in [0.1, 0.15) is 18.4 Å². The Hall–Kier alpha value is -2.97. The average molecular weight is 398 g/mol. The van der Waals surface area contributed by atoms with Crippen LogP contribution in [0.3, 0.4) is 0 Å². The molecular formula is C20H26N6O3. The molecule has 2 aromatic heterocycles. The summed E-state index contributed by atoms with van der Waals surface area (Å²) < 4.78 is 5.13. The van der Waals surface area contributed by atoms with E-state index < -0.39 is 12.1 Å². The maximum atomic E-state index is 12.9. The Labute approximate surface area is 169 Å². The molecule has 29 heavy (non-hydrogen) atoms. The molecule has 0 bridgehead atoms. The summed E-state index contributed by atoms with van der Waals surface area (Å²) in [6.07, 6.45) is 7.82. The lowest BCUT2D eigenvalue weighted by molar-refractivity contribution is -0.133. The summed E-state index contributed by atoms with van der Waals surface area (Å²) in [5, 5.41) is 9.28. The highest BCUT2D eigenvalue weighted by Crippen LogP contribution is 2.36. The first-order chi connectivity index (χ1) is 14.1. The second-order valence-electron chi connectivity index (χ2n) is 7.75. The van der Waals surface area contributed by atoms with Gasteiger partial charge in [-0.15, -0.1) is 0 Å². The van der Waals surface area contributed by atoms with E-state index in [1.165, 1.54) is 24.8 Å². The number of anilines is 1. The van der Waals surface area contributed by atoms with Gasteiger partial charge in [-0.3, -0.25) is 10.1 Å². The molecule has 154 valence electrons. The number of hydrogen-bond donors (Lipinski definition) is 2. The van der Waals surface area contributed by atoms with Crippen LogP contribution in [0.2, 0.25) is 0 Å². The van der Waals surface area contributed by atoms with Gasteiger partial charge in [0.15, 0.2) is 5.82 Å². The number of carbonyl (C=O) groups excluding carboxylic acids is 2. The largest absolute Gasteiger partial charge is 0.337 e. The fourth-order valence-electron chi connectivity index (χ4n) is 3.74. The van der Waals surface area contributed by atoms with E-state index in [-0.39, 0.29) is 12.5 Å². The first kappa shape index (κ1) is 19.4. The number of likely N-dealkylation sites (tertiary alicyclic amines) is 1. The van der Waals surface area contributed by atoms with Gasteiger partial charge >= 0.3 is 6.03 Å². The Morgan fingerprint density at radius 2 is 2.10 bits per heavy atom. The van der Waals surface area contributed by atoms with Crippen LogP contribution >= 0.6 is 0 Å². The summed E-state index contributed by atoms with van der Waals surface area (Å²) in [7, 11) is 0. The molecule has 2 aromatic rings. The van der Waals surface area contributed by atoms with E-state index in [2.05, 4.69) is 25.8 Å². The molecule has 4 rings (SSSR count). The molecule has 1 atom stereocenters. The van der Waals surface area contributed by atoms with Crippen LogP contribution in [0, 0.1) is 6.92 Å². The Morgan fingerprint density at radius 1 is 1.24 bits per heavy atom. The number of aromatic nitrogens is 3. The van der Waals surface area contributed by atoms with Crippen LogP contribution in [0.25, 0.3) is 0 Å². The van der Waals surface area contributed by atoms with Crippen LogP contribution in [0.5, 0.6) is 0 Å². The van der Waals surface area contributed by atoms with Crippen molar-refractivity contribution in [3.8, 4) is 0 Å². The summed E-state index contributed by atoms with van der Waals surface area (Å²) in [4.78, 5) is 35.5. The first-order valence-electron chi connectivity index (χ1n) is 10.2. The molecule has 2 fully saturated rings. The number of pyridine rings is 1. The van der Waals surface area contributed by atoms with Gasteiger partial charge in [-0.1, -0.05) is 17.6 Å². The van der Waals surface area contributed by atoms with E-state index in [1.807, 2.05) is 18.3 Å². The standard InChI is InChI=1S/C20H26N6O3/c1-13-22-18(29-25-13)12-26-10-3-2-7-16(19(26)27)23-20(28)24-17-9-8-15(11-21-17)14-5-4-6-14/h8-9,11,14,16H,2-7,10,12H2,1H3,(H2,21,23,24,28). The van der Waals surface area contributed by atoms with Crippen molar-refractivity contribution in [1.29, 1.82) is 0 Å². The third kappa shape index (κ3) is 4.72. The molecule has 0 radical (unpaired) electrons. The van der Waals surface area contributed by atoms with Gasteiger partial charge in [-0.05, 0) is 56.6 Å². The molecule has 0 spiro atoms. The van der Waals surface area contributed by atoms with E-state index >= 15 is 0 Å². The molecule has 3 heterocycles. The molecule has 1 aliphatic carbocycles. The highest BCUT2D eigenvalue weighted by molar-refractivity contribution is 5.93. The van der Waals surface area contributed by atoms with Crippen LogP contribution in [0.1, 0.15) is 61.7 Å². The number of hydrogen-bond acceptors (Lipinski definition) is 6. The number of rotatable bonds is 5. The van der Waals surface area contributed by atoms with Crippen molar-refractivity contribution in [1.82, 2.24) is 25.3 Å². The predicted octanol–water partition coefficient (Wildman–Crippen LogP) is 2.74. The number of aryl methyl sites for hydroxylation is 1. The number of carbonyl (C=O) groups is 2. The second kappa shape index (κ2) is 8.59. The minimum atomic E-state index is -0.587. The lowest BCUT2D eigenvalue weighted by Gasteiger charge is -2.25. The normalized spacial score (nSPS) is 20.1. The number of urea groups is 1. The monoisotopic (exact) mass is 398 g/mol. The SMILES string of the molecule is Cc1noc(CN2CCCCC(NC(=O)Nc3ccc(C4CCC4)cn3)C2=O)n1. The van der Waals surface area contributed by atoms with Crippen LogP contribution < -0.4 is 10.6 Å². The predicted molar refractivity (Wildman–Crippen MR) is 105 cm³/mol. The molecule has 3 amide bonds. The van der Waals surface area contributed by atoms with Gasteiger partial charge in [0.2, 0.25) is 11.8 Å². The Bertz CT molecular complexity index is 861. The molecule has 1 saturated heterocycles. The van der Waals surface area contributed by atoms with E-state index in [4.69, 9.17) is 4.52 Å². The Balaban J connectivity index is 1.34. The third-order valence-corrected chi connectivity index (χ3v) is 5.59. The van der Waals surface area contributed by atoms with Crippen LogP contribution in [0.4, 0.5) is 10.6 Å². The molecule has 2 N–H and O–H groups in total. The van der Waals surface area contributed by atoms with Crippen molar-refractivity contribution >= 4 is 17.8 Å². The van der Waals surface area contributed by atoms with Crippen LogP contribution in [-0.4, -0.2) is 44.5 Å². The zero-order chi connectivity index (χ0) is 20.2. The van der Waals surface area contributed by atoms with Crippen molar-refractivity contribution < 1.29 is 14.1 Å². The number of amides is 3. The van der Waals surface area contributed by atoms with E-state index in [0.29, 0.717) is 36.4 Å². The summed E-state index contributed by atoms with van der Waals surface area (Å²) >= 11 is 0. The summed E-state index contributed by atoms with van der Waals surface area (Å²) in [5.74, 6) is 1.87. The molecule has 1 unspecified atom stereocenters. The summed E-state index contributed by atoms with van der Waals surface area (Å²) in [6.45, 7) is 2.59. The second-order valence-corrected chi connectivity index (χ2v) is 7.75. The maximum Gasteiger partial charge on any atom is 0.321 e. The van der Waals surface area contributed by atoms with Crippen molar-refractivity contribution in [3.05, 3.63) is 35.6 Å². The zero-order valence-electron chi connectivity index (χ0n) is 16.6. The molecule has 0 aromatic carbocycles. The third-order valence-electron chi connectivity index (χ3n) is 5.59. The van der Waals surface area contributed by atoms with Gasteiger partial charge in [0.05, 0.1) is 0 Å². The van der Waals surface area contributed by atoms with Crippen molar-refractivity contribution in [2.24, 2.45) is 0 Å². The number of nitrogens with zero attached hydrogens (tertiary/aromatic N) is 4. The minimum Gasteiger partial charge on any atom is -0.337 e. The quantitative estimate of drug-likeness (QED) is 0.801. The fraction of sp³-hybridized carbons (Fsp3) is 0.550. The molecule has 1 aliphatic heterocycles. The fourth-order valence-corrected chi connectivity index (χ4v) is 3.74. The summed E-state index contributed by atoms with van der Waals surface area (Å²) in [5.41, 5.74) is 1.22. The molecular weight excluding hydrogens is 372 g/mol. The van der Waals surface area contributed by atoms with Crippen molar-refractivity contribution in [2.45, 2.75) is 64.0 Å². The van der Waals surface area contributed by atoms with Gasteiger partial charge in [-0.25, -0.2) is 9.78 Å². The average Bonchev–Trinajstić information content (AvgIpc) is 2.99. The maximum absolute atomic E-state index is 12.9. The van der Waals surface area contributed by atoms with Gasteiger partial charge in [-0.2, -0.15) is 4.98 Å². The smallest absolute Gasteiger partial charge is 0.321 e. The number of nitrogens with one attached hydrogen (secondary N) is 2. The highest BCUT2D eigenvalue weighted by atomic mass is 16.5. The highest BCUT2D eigenvalue weighted by Gasteiger charge is 2.29. The van der Waals surface area contributed by atoms with Crippen LogP contribution in [0.15, 0.2) is 22.9 Å². The van der Waals surface area contributed by atoms with Gasteiger partial charge in [0.25, 0.3) is 0 Å². The zero-order valence-corrected chi connectivity index (χ0v) is 16.6. The van der Waals surface area contributed by atoms with Gasteiger partial charge < -0.3 is 14.7 Å². The molecule has 1 saturated carbocycles. The topological polar surface area (TPSA) is 113 Å². The van der Waals surface area contributed by atoms with Crippen LogP contribution in [-0.2, 0) is 11.3 Å². The lowest BCUT2D eigenvalue weighted by Crippen LogP contribution is -2.48. The minimum absolute atomic E-state index is 0.137. The van der Waals surface area contributed by atoms with Gasteiger partial charge in [0, 0.05) is 12.7 Å². The van der Waals surface area contributed by atoms with Crippen molar-refractivity contribution in [2.75, 3.05) is 11.9 Å². The summed E-state index contributed by atoms with van der Waals surface area (Å²) in [6, 6.07) is 2.81. The Morgan fingerprint density at radius 3 is 2.76 bits per heavy atom. The van der Waals surface area contributed by atoms with E-state index in [9.17, 15) is 9.59 Å². The van der Waals surface area contributed by atoms with E-state index in [1.54, 1.807) is 11.8 Å². The molecule has 9 heteroatoms. The Kier molecular flexibility index (Phi) is 5.73. The lowest BCUT2D eigenvalue weighted by atomic mass is 9.81. The molecule has 9 nitrogen and oxygen atoms in total. The first-order valence-corrected chi connectivity index (χ1v) is 10.2. The van der Waals surface area contributed by atoms with E-state index in [0.717, 1.165) is 12.8 Å². The molecule has 2 aliphatic rings.